The van der Waals surface area contributed by atoms with E-state index in [2.05, 4.69) is 47.0 Å². The van der Waals surface area contributed by atoms with Gasteiger partial charge in [0, 0.05) is 12.7 Å². The SMILES string of the molecule is CC(C)(C)OC(=O)N(CCC/C=C(\C#N)c1cn(C(c2ccccc2)(c2ccccc2)c2ccccc2)cn1)C(=O)OC(C)(C)C. The molecule has 8 heteroatoms. The van der Waals surface area contributed by atoms with Crippen molar-refractivity contribution in [3.63, 3.8) is 0 Å². The van der Waals surface area contributed by atoms with E-state index < -0.39 is 28.9 Å². The van der Waals surface area contributed by atoms with E-state index in [0.717, 1.165) is 21.6 Å². The summed E-state index contributed by atoms with van der Waals surface area (Å²) in [4.78, 5) is 31.4. The number of benzene rings is 3. The number of rotatable bonds is 9. The molecule has 0 aliphatic carbocycles. The summed E-state index contributed by atoms with van der Waals surface area (Å²) in [5, 5.41) is 10.2. The van der Waals surface area contributed by atoms with Crippen molar-refractivity contribution in [1.82, 2.24) is 14.5 Å². The normalized spacial score (nSPS) is 12.2. The van der Waals surface area contributed by atoms with E-state index in [1.807, 2.05) is 60.8 Å². The van der Waals surface area contributed by atoms with E-state index in [1.54, 1.807) is 53.9 Å². The summed E-state index contributed by atoms with van der Waals surface area (Å²) < 4.78 is 13.0. The minimum absolute atomic E-state index is 0.0621. The van der Waals surface area contributed by atoms with Crippen LogP contribution < -0.4 is 0 Å². The Morgan fingerprint density at radius 2 is 1.22 bits per heavy atom. The number of nitriles is 1. The Labute approximate surface area is 271 Å². The van der Waals surface area contributed by atoms with Gasteiger partial charge in [0.15, 0.2) is 0 Å². The lowest BCUT2D eigenvalue weighted by atomic mass is 9.77. The average molecular weight is 619 g/mol. The Morgan fingerprint density at radius 1 is 0.783 bits per heavy atom. The monoisotopic (exact) mass is 618 g/mol. The van der Waals surface area contributed by atoms with Crippen LogP contribution >= 0.6 is 0 Å². The van der Waals surface area contributed by atoms with Crippen LogP contribution in [-0.4, -0.2) is 44.4 Å². The standard InChI is InChI=1S/C38H42N4O4/c1-36(2,3)45-34(43)42(35(44)46-37(4,5)6)25-17-16-18-29(26-39)33-27-41(28-40-33)38(30-19-10-7-11-20-30,31-21-12-8-13-22-31)32-23-14-9-15-24-32/h7-15,18-24,27-28H,16-17,25H2,1-6H3/b29-18+. The summed E-state index contributed by atoms with van der Waals surface area (Å²) in [6.45, 7) is 10.5. The van der Waals surface area contributed by atoms with Crippen LogP contribution in [-0.2, 0) is 15.0 Å². The molecule has 1 aromatic heterocycles. The first-order valence-corrected chi connectivity index (χ1v) is 15.4. The number of allylic oxidation sites excluding steroid dienone is 2. The molecule has 0 spiro atoms. The molecule has 8 nitrogen and oxygen atoms in total. The fourth-order valence-electron chi connectivity index (χ4n) is 5.23. The number of hydrogen-bond donors (Lipinski definition) is 0. The summed E-state index contributed by atoms with van der Waals surface area (Å²) in [5.74, 6) is 0. The van der Waals surface area contributed by atoms with Gasteiger partial charge >= 0.3 is 12.2 Å². The summed E-state index contributed by atoms with van der Waals surface area (Å²) in [6.07, 6.45) is 4.71. The van der Waals surface area contributed by atoms with Gasteiger partial charge in [-0.05, 0) is 71.1 Å². The first-order valence-electron chi connectivity index (χ1n) is 15.4. The second-order valence-electron chi connectivity index (χ2n) is 13.0. The number of nitrogens with zero attached hydrogens (tertiary/aromatic N) is 4. The number of carbonyl (C=O) groups is 2. The van der Waals surface area contributed by atoms with Gasteiger partial charge in [0.25, 0.3) is 0 Å². The van der Waals surface area contributed by atoms with Gasteiger partial charge in [-0.1, -0.05) is 97.1 Å². The van der Waals surface area contributed by atoms with Crippen molar-refractivity contribution in [2.75, 3.05) is 6.54 Å². The van der Waals surface area contributed by atoms with Gasteiger partial charge in [0.2, 0.25) is 0 Å². The van der Waals surface area contributed by atoms with Gasteiger partial charge < -0.3 is 14.0 Å². The molecule has 0 atom stereocenters. The smallest absolute Gasteiger partial charge is 0.419 e. The lowest BCUT2D eigenvalue weighted by Gasteiger charge is -2.37. The fourth-order valence-corrected chi connectivity index (χ4v) is 5.23. The van der Waals surface area contributed by atoms with Crippen LogP contribution in [0, 0.1) is 11.3 Å². The number of imide groups is 1. The lowest BCUT2D eigenvalue weighted by molar-refractivity contribution is 0.00133. The molecule has 238 valence electrons. The maximum atomic E-state index is 12.9. The fraction of sp³-hybridized carbons (Fsp3) is 0.316. The van der Waals surface area contributed by atoms with Crippen LogP contribution in [0.1, 0.15) is 76.8 Å². The topological polar surface area (TPSA) is 97.5 Å². The molecular formula is C38H42N4O4. The molecule has 0 radical (unpaired) electrons. The first-order chi connectivity index (χ1) is 21.8. The predicted octanol–water partition coefficient (Wildman–Crippen LogP) is 8.58. The Hall–Kier alpha value is -5.16. The quantitative estimate of drug-likeness (QED) is 0.106. The Kier molecular flexibility index (Phi) is 10.5. The van der Waals surface area contributed by atoms with Gasteiger partial charge in [-0.3, -0.25) is 0 Å². The number of ether oxygens (including phenoxy) is 2. The molecule has 0 aliphatic rings. The summed E-state index contributed by atoms with van der Waals surface area (Å²) in [5.41, 5.74) is 1.73. The zero-order chi connectivity index (χ0) is 33.4. The van der Waals surface area contributed by atoms with Crippen molar-refractivity contribution in [2.45, 2.75) is 71.1 Å². The number of carbonyl (C=O) groups excluding carboxylic acids is 2. The highest BCUT2D eigenvalue weighted by Crippen LogP contribution is 2.41. The highest BCUT2D eigenvalue weighted by molar-refractivity contribution is 5.88. The molecule has 0 unspecified atom stereocenters. The minimum Gasteiger partial charge on any atom is -0.443 e. The first kappa shape index (κ1) is 33.7. The summed E-state index contributed by atoms with van der Waals surface area (Å²) in [6, 6.07) is 33.0. The molecule has 0 bridgehead atoms. The molecule has 46 heavy (non-hydrogen) atoms. The van der Waals surface area contributed by atoms with Crippen LogP contribution in [0.5, 0.6) is 0 Å². The molecule has 0 N–H and O–H groups in total. The molecule has 4 aromatic rings. The lowest BCUT2D eigenvalue weighted by Crippen LogP contribution is -2.44. The Balaban J connectivity index is 1.65. The number of imidazole rings is 1. The molecule has 3 aromatic carbocycles. The van der Waals surface area contributed by atoms with Crippen molar-refractivity contribution in [2.24, 2.45) is 0 Å². The zero-order valence-electron chi connectivity index (χ0n) is 27.4. The second-order valence-corrected chi connectivity index (χ2v) is 13.0. The molecular weight excluding hydrogens is 576 g/mol. The maximum Gasteiger partial charge on any atom is 0.419 e. The molecule has 4 rings (SSSR count). The molecule has 1 heterocycles. The van der Waals surface area contributed by atoms with Crippen molar-refractivity contribution in [1.29, 1.82) is 5.26 Å². The Morgan fingerprint density at radius 3 is 1.61 bits per heavy atom. The van der Waals surface area contributed by atoms with Crippen LogP contribution in [0.3, 0.4) is 0 Å². The third kappa shape index (κ3) is 8.10. The van der Waals surface area contributed by atoms with Gasteiger partial charge in [-0.2, -0.15) is 5.26 Å². The van der Waals surface area contributed by atoms with Gasteiger partial charge in [0.1, 0.15) is 22.8 Å². The van der Waals surface area contributed by atoms with Crippen LogP contribution in [0.4, 0.5) is 9.59 Å². The van der Waals surface area contributed by atoms with E-state index in [1.165, 1.54) is 0 Å². The van der Waals surface area contributed by atoms with E-state index in [-0.39, 0.29) is 6.54 Å². The number of amides is 2. The molecule has 0 aliphatic heterocycles. The van der Waals surface area contributed by atoms with Crippen molar-refractivity contribution >= 4 is 17.8 Å². The zero-order valence-corrected chi connectivity index (χ0v) is 27.4. The summed E-state index contributed by atoms with van der Waals surface area (Å²) >= 11 is 0. The third-order valence-corrected chi connectivity index (χ3v) is 7.10. The average Bonchev–Trinajstić information content (AvgIpc) is 3.49. The van der Waals surface area contributed by atoms with Crippen LogP contribution in [0.25, 0.3) is 5.57 Å². The van der Waals surface area contributed by atoms with Gasteiger partial charge in [0.05, 0.1) is 17.6 Å². The number of hydrogen-bond acceptors (Lipinski definition) is 6. The van der Waals surface area contributed by atoms with E-state index in [9.17, 15) is 14.9 Å². The minimum atomic E-state index is -0.779. The van der Waals surface area contributed by atoms with Crippen molar-refractivity contribution in [3.8, 4) is 6.07 Å². The highest BCUT2D eigenvalue weighted by Gasteiger charge is 2.38. The van der Waals surface area contributed by atoms with E-state index in [4.69, 9.17) is 14.5 Å². The largest absolute Gasteiger partial charge is 0.443 e. The van der Waals surface area contributed by atoms with Crippen LogP contribution in [0.15, 0.2) is 110 Å². The van der Waals surface area contributed by atoms with Gasteiger partial charge in [-0.15, -0.1) is 0 Å². The molecule has 0 saturated heterocycles. The molecule has 2 amide bonds. The predicted molar refractivity (Wildman–Crippen MR) is 179 cm³/mol. The van der Waals surface area contributed by atoms with Gasteiger partial charge in [-0.25, -0.2) is 19.5 Å². The second kappa shape index (κ2) is 14.3. The molecule has 0 fully saturated rings. The Bertz CT molecular complexity index is 1550. The van der Waals surface area contributed by atoms with Crippen molar-refractivity contribution < 1.29 is 19.1 Å². The summed E-state index contributed by atoms with van der Waals surface area (Å²) in [7, 11) is 0. The molecule has 0 saturated carbocycles. The van der Waals surface area contributed by atoms with Crippen molar-refractivity contribution in [3.05, 3.63) is 132 Å². The highest BCUT2D eigenvalue weighted by atomic mass is 16.6. The van der Waals surface area contributed by atoms with E-state index in [0.29, 0.717) is 24.1 Å². The maximum absolute atomic E-state index is 12.9. The third-order valence-electron chi connectivity index (χ3n) is 7.10. The van der Waals surface area contributed by atoms with E-state index >= 15 is 0 Å². The van der Waals surface area contributed by atoms with Crippen LogP contribution in [0.2, 0.25) is 0 Å². The number of aromatic nitrogens is 2. The number of unbranched alkanes of at least 4 members (excludes halogenated alkanes) is 1.